The van der Waals surface area contributed by atoms with Gasteiger partial charge in [0.05, 0.1) is 23.7 Å². The molecule has 0 atom stereocenters. The van der Waals surface area contributed by atoms with E-state index in [-0.39, 0.29) is 55.0 Å². The largest absolute Gasteiger partial charge is 0.550 e. The van der Waals surface area contributed by atoms with Crippen molar-refractivity contribution in [1.82, 2.24) is 0 Å². The number of carbonyl (C=O) groups excluding carboxylic acids is 2. The zero-order valence-electron chi connectivity index (χ0n) is 24.2. The maximum atomic E-state index is 9.70. The first-order valence-electron chi connectivity index (χ1n) is 11.2. The maximum absolute atomic E-state index is 9.70. The van der Waals surface area contributed by atoms with E-state index in [9.17, 15) is 39.0 Å². The van der Waals surface area contributed by atoms with Crippen LogP contribution in [-0.4, -0.2) is 56.2 Å². The van der Waals surface area contributed by atoms with Crippen molar-refractivity contribution in [2.45, 2.75) is 83.1 Å². The third-order valence-electron chi connectivity index (χ3n) is 2.92. The quantitative estimate of drug-likeness (QED) is 0.323. The van der Waals surface area contributed by atoms with Gasteiger partial charge in [-0.25, -0.2) is 0 Å². The van der Waals surface area contributed by atoms with Crippen molar-refractivity contribution < 1.29 is 78.9 Å². The Kier molecular flexibility index (Phi) is 43.5. The van der Waals surface area contributed by atoms with Gasteiger partial charge in [0.15, 0.2) is 0 Å². The second-order valence-electron chi connectivity index (χ2n) is 8.92. The summed E-state index contributed by atoms with van der Waals surface area (Å²) in [6.07, 6.45) is 0. The summed E-state index contributed by atoms with van der Waals surface area (Å²) >= 11 is 0. The second-order valence-corrected chi connectivity index (χ2v) is 8.92. The van der Waals surface area contributed by atoms with Crippen LogP contribution in [0.2, 0.25) is 0 Å². The molecule has 0 fully saturated rings. The molecule has 0 radical (unpaired) electrons. The van der Waals surface area contributed by atoms with Gasteiger partial charge in [0.1, 0.15) is 0 Å². The molecular weight excluding hydrogens is 546 g/mol. The predicted molar refractivity (Wildman–Crippen MR) is 130 cm³/mol. The molecule has 0 spiro atoms. The molecule has 0 saturated heterocycles. The molecule has 13 heteroatoms. The summed E-state index contributed by atoms with van der Waals surface area (Å²) in [6, 6.07) is 0. The minimum atomic E-state index is -0.991. The average Bonchev–Trinajstić information content (AvgIpc) is 2.69. The Bertz CT molecular complexity index is 486. The summed E-state index contributed by atoms with van der Waals surface area (Å²) in [5.74, 6) is -6.56. The standard InChI is InChI=1S/6C4H8O2.Zn/c6*1-3(2)4(5)6;/h6*3H,1-2H3,(H,5,6);/p-2. The van der Waals surface area contributed by atoms with E-state index >= 15 is 0 Å². The molecular formula is C24H46O12Zn-2. The summed E-state index contributed by atoms with van der Waals surface area (Å²) in [7, 11) is 0. The van der Waals surface area contributed by atoms with Crippen LogP contribution in [0.4, 0.5) is 0 Å². The van der Waals surface area contributed by atoms with E-state index in [1.165, 1.54) is 0 Å². The van der Waals surface area contributed by atoms with Crippen molar-refractivity contribution in [1.29, 1.82) is 0 Å². The van der Waals surface area contributed by atoms with Gasteiger partial charge in [-0.3, -0.25) is 19.2 Å². The normalized spacial score (nSPS) is 8.92. The molecule has 0 aliphatic carbocycles. The molecule has 0 saturated carbocycles. The average molecular weight is 592 g/mol. The van der Waals surface area contributed by atoms with Crippen LogP contribution in [-0.2, 0) is 48.2 Å². The van der Waals surface area contributed by atoms with Crippen LogP contribution in [0.1, 0.15) is 83.1 Å². The van der Waals surface area contributed by atoms with Crippen LogP contribution in [0.3, 0.4) is 0 Å². The second kappa shape index (κ2) is 31.5. The molecule has 4 N–H and O–H groups in total. The van der Waals surface area contributed by atoms with E-state index in [1.807, 2.05) is 0 Å². The van der Waals surface area contributed by atoms with Crippen LogP contribution in [0.25, 0.3) is 0 Å². The van der Waals surface area contributed by atoms with Gasteiger partial charge in [-0.05, 0) is 11.8 Å². The molecule has 12 nitrogen and oxygen atoms in total. The first-order chi connectivity index (χ1) is 15.9. The van der Waals surface area contributed by atoms with E-state index in [0.29, 0.717) is 0 Å². The van der Waals surface area contributed by atoms with E-state index in [0.717, 1.165) is 0 Å². The number of hydrogen-bond acceptors (Lipinski definition) is 8. The Labute approximate surface area is 233 Å². The fourth-order valence-electron chi connectivity index (χ4n) is 0. The predicted octanol–water partition coefficient (Wildman–Crippen LogP) is 1.69. The molecule has 0 bridgehead atoms. The zero-order valence-corrected chi connectivity index (χ0v) is 27.2. The molecule has 0 aromatic rings. The summed E-state index contributed by atoms with van der Waals surface area (Å²) in [5.41, 5.74) is 0. The summed E-state index contributed by atoms with van der Waals surface area (Å²) < 4.78 is 0. The Morgan fingerprint density at radius 3 is 0.432 bits per heavy atom. The Hall–Kier alpha value is -2.56. The van der Waals surface area contributed by atoms with Crippen LogP contribution in [0.5, 0.6) is 0 Å². The smallest absolute Gasteiger partial charge is 0.305 e. The van der Waals surface area contributed by atoms with E-state index < -0.39 is 35.8 Å². The maximum Gasteiger partial charge on any atom is 0.305 e. The monoisotopic (exact) mass is 590 g/mol. The van der Waals surface area contributed by atoms with Crippen molar-refractivity contribution in [3.63, 3.8) is 0 Å². The fraction of sp³-hybridized carbons (Fsp3) is 0.750. The van der Waals surface area contributed by atoms with Gasteiger partial charge >= 0.3 is 23.9 Å². The topological polar surface area (TPSA) is 229 Å². The van der Waals surface area contributed by atoms with Gasteiger partial charge in [0.2, 0.25) is 0 Å². The first-order valence-corrected chi connectivity index (χ1v) is 11.2. The van der Waals surface area contributed by atoms with Gasteiger partial charge < -0.3 is 40.2 Å². The minimum Gasteiger partial charge on any atom is -0.550 e. The number of rotatable bonds is 6. The van der Waals surface area contributed by atoms with Crippen molar-refractivity contribution >= 4 is 35.8 Å². The van der Waals surface area contributed by atoms with Gasteiger partial charge in [0, 0.05) is 31.4 Å². The Balaban J connectivity index is -0.0000000581. The third-order valence-corrected chi connectivity index (χ3v) is 2.92. The number of aliphatic carboxylic acids is 6. The molecule has 218 valence electrons. The van der Waals surface area contributed by atoms with Crippen molar-refractivity contribution in [3.8, 4) is 0 Å². The molecule has 0 aromatic carbocycles. The van der Waals surface area contributed by atoms with E-state index in [4.69, 9.17) is 20.4 Å². The zero-order chi connectivity index (χ0) is 30.9. The summed E-state index contributed by atoms with van der Waals surface area (Å²) in [6.45, 7) is 19.4. The number of hydrogen-bond donors (Lipinski definition) is 4. The molecule has 37 heavy (non-hydrogen) atoms. The van der Waals surface area contributed by atoms with Crippen LogP contribution in [0.15, 0.2) is 0 Å². The third kappa shape index (κ3) is 71.9. The Morgan fingerprint density at radius 2 is 0.432 bits per heavy atom. The first kappa shape index (κ1) is 51.2. The minimum absolute atomic E-state index is 0. The molecule has 0 rings (SSSR count). The van der Waals surface area contributed by atoms with Crippen molar-refractivity contribution in [2.75, 3.05) is 0 Å². The van der Waals surface area contributed by atoms with Crippen LogP contribution >= 0.6 is 0 Å². The van der Waals surface area contributed by atoms with Gasteiger partial charge in [-0.15, -0.1) is 0 Å². The number of carboxylic acid groups (broad SMARTS) is 6. The SMILES string of the molecule is CC(C)C(=O)O.CC(C)C(=O)O.CC(C)C(=O)O.CC(C)C(=O)O.CC(C)C(=O)[O-].CC(C)C(=O)[O-].[Zn]. The van der Waals surface area contributed by atoms with Crippen molar-refractivity contribution in [2.24, 2.45) is 35.5 Å². The van der Waals surface area contributed by atoms with E-state index in [2.05, 4.69) is 0 Å². The van der Waals surface area contributed by atoms with Gasteiger partial charge in [-0.1, -0.05) is 83.1 Å². The molecule has 0 amide bonds. The van der Waals surface area contributed by atoms with Crippen LogP contribution < -0.4 is 10.2 Å². The number of carbonyl (C=O) groups is 6. The molecule has 0 aliphatic rings. The van der Waals surface area contributed by atoms with E-state index in [1.54, 1.807) is 83.1 Å². The molecule has 0 aromatic heterocycles. The van der Waals surface area contributed by atoms with Crippen molar-refractivity contribution in [3.05, 3.63) is 0 Å². The fourth-order valence-corrected chi connectivity index (χ4v) is 0. The molecule has 0 heterocycles. The molecule has 0 unspecified atom stereocenters. The Morgan fingerprint density at radius 1 is 0.378 bits per heavy atom. The van der Waals surface area contributed by atoms with Gasteiger partial charge in [0.25, 0.3) is 0 Å². The summed E-state index contributed by atoms with van der Waals surface area (Å²) in [5, 5.41) is 51.1. The number of carboxylic acids is 6. The van der Waals surface area contributed by atoms with Gasteiger partial charge in [-0.2, -0.15) is 0 Å². The summed E-state index contributed by atoms with van der Waals surface area (Å²) in [4.78, 5) is 58.0. The molecule has 0 aliphatic heterocycles. The van der Waals surface area contributed by atoms with Crippen LogP contribution in [0, 0.1) is 35.5 Å².